The van der Waals surface area contributed by atoms with E-state index in [0.717, 1.165) is 104 Å². The molecule has 4 heterocycles. The molecule has 258 valence electrons. The summed E-state index contributed by atoms with van der Waals surface area (Å²) in [6, 6.07) is 55.6. The van der Waals surface area contributed by atoms with Crippen molar-refractivity contribution in [2.75, 3.05) is 0 Å². The van der Waals surface area contributed by atoms with Crippen molar-refractivity contribution in [1.82, 2.24) is 9.13 Å². The molecule has 0 bridgehead atoms. The lowest BCUT2D eigenvalue weighted by molar-refractivity contribution is 0.671. The van der Waals surface area contributed by atoms with Gasteiger partial charge in [0.25, 0.3) is 0 Å². The molecule has 0 saturated carbocycles. The van der Waals surface area contributed by atoms with E-state index in [1.165, 1.54) is 0 Å². The van der Waals surface area contributed by atoms with E-state index in [9.17, 15) is 5.26 Å². The molecule has 0 saturated heterocycles. The van der Waals surface area contributed by atoms with Gasteiger partial charge in [-0.15, -0.1) is 0 Å². The fourth-order valence-electron chi connectivity index (χ4n) is 9.02. The molecular weight excluding hydrogens is 689 g/mol. The zero-order chi connectivity index (χ0) is 37.1. The summed E-state index contributed by atoms with van der Waals surface area (Å²) in [4.78, 5) is 4.47. The van der Waals surface area contributed by atoms with Crippen LogP contribution in [0.3, 0.4) is 0 Å². The van der Waals surface area contributed by atoms with Gasteiger partial charge in [0.1, 0.15) is 11.2 Å². The summed E-state index contributed by atoms with van der Waals surface area (Å²) in [5, 5.41) is 18.3. The van der Waals surface area contributed by atoms with Crippen LogP contribution >= 0.6 is 0 Å². The van der Waals surface area contributed by atoms with Gasteiger partial charge in [0, 0.05) is 43.1 Å². The number of fused-ring (bicyclic) bond motifs is 14. The number of benzene rings is 8. The fraction of sp³-hybridized carbons (Fsp3) is 0. The molecule has 0 unspecified atom stereocenters. The van der Waals surface area contributed by atoms with Crippen LogP contribution in [0.15, 0.2) is 167 Å². The lowest BCUT2D eigenvalue weighted by Crippen LogP contribution is -2.03. The third kappa shape index (κ3) is 3.97. The first kappa shape index (κ1) is 30.4. The molecule has 6 nitrogen and oxygen atoms in total. The number of aromatic nitrogens is 2. The molecule has 0 amide bonds. The van der Waals surface area contributed by atoms with E-state index >= 15 is 0 Å². The highest BCUT2D eigenvalue weighted by Gasteiger charge is 2.27. The summed E-state index contributed by atoms with van der Waals surface area (Å²) in [7, 11) is 0. The van der Waals surface area contributed by atoms with E-state index < -0.39 is 0 Å². The van der Waals surface area contributed by atoms with Gasteiger partial charge in [-0.2, -0.15) is 5.26 Å². The van der Waals surface area contributed by atoms with E-state index in [0.29, 0.717) is 16.9 Å². The molecule has 0 aliphatic rings. The lowest BCUT2D eigenvalue weighted by atomic mass is 9.99. The largest absolute Gasteiger partial charge is 0.454 e. The molecule has 0 aliphatic carbocycles. The van der Waals surface area contributed by atoms with E-state index in [1.54, 1.807) is 0 Å². The van der Waals surface area contributed by atoms with Crippen LogP contribution in [0.5, 0.6) is 0 Å². The van der Waals surface area contributed by atoms with Gasteiger partial charge in [0.2, 0.25) is 5.69 Å². The Morgan fingerprint density at radius 2 is 1.04 bits per heavy atom. The van der Waals surface area contributed by atoms with Gasteiger partial charge in [-0.3, -0.25) is 0 Å². The van der Waals surface area contributed by atoms with Crippen LogP contribution in [0, 0.1) is 17.9 Å². The number of hydrogen-bond acceptors (Lipinski definition) is 3. The van der Waals surface area contributed by atoms with Crippen molar-refractivity contribution in [1.29, 1.82) is 5.26 Å². The Labute approximate surface area is 318 Å². The van der Waals surface area contributed by atoms with Crippen LogP contribution in [0.2, 0.25) is 0 Å². The highest BCUT2D eigenvalue weighted by Crippen LogP contribution is 2.49. The van der Waals surface area contributed by atoms with Gasteiger partial charge in [-0.25, -0.2) is 4.85 Å². The Hall–Kier alpha value is -8.06. The Bertz CT molecular complexity index is 3750. The summed E-state index contributed by atoms with van der Waals surface area (Å²) >= 11 is 0. The van der Waals surface area contributed by atoms with Gasteiger partial charge in [-0.05, 0) is 65.7 Å². The SMILES string of the molecule is [C-]#[N+]c1c(-n2c3ccccc3c3ccc4c5ccccc5oc4c32)ccc(-c2cccc(C#N)c2)c1-n1c2ccccc2c2ccc3c4ccccc4oc3c21. The van der Waals surface area contributed by atoms with E-state index in [1.807, 2.05) is 78.9 Å². The van der Waals surface area contributed by atoms with Crippen molar-refractivity contribution in [2.24, 2.45) is 0 Å². The molecular formula is C50H26N4O2. The normalized spacial score (nSPS) is 11.9. The maximum atomic E-state index is 10.0. The predicted molar refractivity (Wildman–Crippen MR) is 226 cm³/mol. The first-order valence-electron chi connectivity index (χ1n) is 18.4. The number of nitrogens with zero attached hydrogens (tertiary/aromatic N) is 4. The second-order valence-corrected chi connectivity index (χ2v) is 14.2. The average molecular weight is 715 g/mol. The zero-order valence-corrected chi connectivity index (χ0v) is 29.6. The van der Waals surface area contributed by atoms with Crippen LogP contribution < -0.4 is 0 Å². The highest BCUT2D eigenvalue weighted by atomic mass is 16.3. The van der Waals surface area contributed by atoms with Crippen LogP contribution in [0.1, 0.15) is 5.56 Å². The summed E-state index contributed by atoms with van der Waals surface area (Å²) in [6.07, 6.45) is 0. The van der Waals surface area contributed by atoms with Gasteiger partial charge in [0.15, 0.2) is 11.2 Å². The van der Waals surface area contributed by atoms with E-state index in [2.05, 4.69) is 98.9 Å². The Morgan fingerprint density at radius 3 is 1.64 bits per heavy atom. The molecule has 0 aliphatic heterocycles. The van der Waals surface area contributed by atoms with Crippen LogP contribution in [-0.4, -0.2) is 9.13 Å². The summed E-state index contributed by atoms with van der Waals surface area (Å²) < 4.78 is 17.9. The fourth-order valence-corrected chi connectivity index (χ4v) is 9.02. The smallest absolute Gasteiger partial charge is 0.234 e. The Morgan fingerprint density at radius 1 is 0.500 bits per heavy atom. The standard InChI is InChI=1S/C50H26N4O2/c1-52-45-42(53-40-17-6-2-13-32(40)36-21-23-38-34-15-4-8-19-43(34)55-49(38)47(36)53)26-25-31(30-12-10-11-29(27-30)28-51)46(45)54-41-18-7-3-14-33(41)37-22-24-39-35-16-5-9-20-44(35)56-50(39)48(37)54/h2-27H. The number of nitriles is 1. The van der Waals surface area contributed by atoms with Crippen molar-refractivity contribution in [2.45, 2.75) is 0 Å². The van der Waals surface area contributed by atoms with Crippen molar-refractivity contribution in [3.8, 4) is 28.6 Å². The average Bonchev–Trinajstić information content (AvgIpc) is 4.01. The third-order valence-electron chi connectivity index (χ3n) is 11.4. The van der Waals surface area contributed by atoms with Gasteiger partial charge >= 0.3 is 0 Å². The predicted octanol–water partition coefficient (Wildman–Crippen LogP) is 13.8. The summed E-state index contributed by atoms with van der Waals surface area (Å²) in [6.45, 7) is 9.10. The van der Waals surface area contributed by atoms with Crippen molar-refractivity contribution >= 4 is 93.2 Å². The van der Waals surface area contributed by atoms with Crippen molar-refractivity contribution in [3.05, 3.63) is 175 Å². The highest BCUT2D eigenvalue weighted by molar-refractivity contribution is 6.24. The molecule has 12 aromatic rings. The minimum absolute atomic E-state index is 0.455. The second kappa shape index (κ2) is 11.2. The monoisotopic (exact) mass is 714 g/mol. The van der Waals surface area contributed by atoms with E-state index in [-0.39, 0.29) is 0 Å². The second-order valence-electron chi connectivity index (χ2n) is 14.2. The van der Waals surface area contributed by atoms with Crippen molar-refractivity contribution < 1.29 is 8.83 Å². The molecule has 4 aromatic heterocycles. The lowest BCUT2D eigenvalue weighted by Gasteiger charge is -2.20. The number of rotatable bonds is 3. The maximum absolute atomic E-state index is 10.0. The number of hydrogen-bond donors (Lipinski definition) is 0. The molecule has 56 heavy (non-hydrogen) atoms. The molecule has 0 N–H and O–H groups in total. The molecule has 0 atom stereocenters. The van der Waals surface area contributed by atoms with Crippen molar-refractivity contribution in [3.63, 3.8) is 0 Å². The minimum Gasteiger partial charge on any atom is -0.454 e. The molecule has 0 radical (unpaired) electrons. The molecule has 8 aromatic carbocycles. The topological polar surface area (TPSA) is 64.3 Å². The first-order chi connectivity index (χ1) is 27.7. The minimum atomic E-state index is 0.455. The molecule has 12 rings (SSSR count). The molecule has 0 spiro atoms. The zero-order valence-electron chi connectivity index (χ0n) is 29.6. The first-order valence-corrected chi connectivity index (χ1v) is 18.4. The molecule has 6 heteroatoms. The molecule has 0 fully saturated rings. The van der Waals surface area contributed by atoms with Crippen LogP contribution in [0.25, 0.3) is 115 Å². The van der Waals surface area contributed by atoms with E-state index in [4.69, 9.17) is 15.4 Å². The van der Waals surface area contributed by atoms with Crippen LogP contribution in [0.4, 0.5) is 5.69 Å². The third-order valence-corrected chi connectivity index (χ3v) is 11.4. The Kier molecular flexibility index (Phi) is 6.10. The summed E-state index contributed by atoms with van der Waals surface area (Å²) in [5.74, 6) is 0. The number of furan rings is 2. The van der Waals surface area contributed by atoms with Gasteiger partial charge in [-0.1, -0.05) is 103 Å². The number of para-hydroxylation sites is 4. The maximum Gasteiger partial charge on any atom is 0.234 e. The van der Waals surface area contributed by atoms with Gasteiger partial charge < -0.3 is 18.0 Å². The Balaban J connectivity index is 1.30. The van der Waals surface area contributed by atoms with Gasteiger partial charge in [0.05, 0.1) is 51.6 Å². The quantitative estimate of drug-likeness (QED) is 0.171. The van der Waals surface area contributed by atoms with Crippen LogP contribution in [-0.2, 0) is 0 Å². The summed E-state index contributed by atoms with van der Waals surface area (Å²) in [5.41, 5.74) is 10.9.